The van der Waals surface area contributed by atoms with Gasteiger partial charge in [0.25, 0.3) is 0 Å². The predicted octanol–water partition coefficient (Wildman–Crippen LogP) is -3.02. The molecule has 0 aliphatic rings. The van der Waals surface area contributed by atoms with E-state index in [1.807, 2.05) is 6.07 Å². The fraction of sp³-hybridized carbons (Fsp3) is 0.421. The van der Waals surface area contributed by atoms with Crippen molar-refractivity contribution in [3.05, 3.63) is 35.9 Å². The highest BCUT2D eigenvalue weighted by Crippen LogP contribution is 2.02. The third-order valence-corrected chi connectivity index (χ3v) is 4.22. The van der Waals surface area contributed by atoms with E-state index in [9.17, 15) is 29.1 Å². The summed E-state index contributed by atoms with van der Waals surface area (Å²) in [6, 6.07) is 3.80. The molecule has 0 spiro atoms. The molecule has 0 aliphatic heterocycles. The first-order valence-corrected chi connectivity index (χ1v) is 9.37. The zero-order chi connectivity index (χ0) is 23.6. The van der Waals surface area contributed by atoms with Crippen LogP contribution in [0, 0.1) is 0 Å². The summed E-state index contributed by atoms with van der Waals surface area (Å²) in [4.78, 5) is 58.7. The second-order valence-corrected chi connectivity index (χ2v) is 6.84. The molecule has 0 aliphatic carbocycles. The molecule has 4 amide bonds. The Morgan fingerprint density at radius 1 is 0.935 bits per heavy atom. The summed E-state index contributed by atoms with van der Waals surface area (Å²) in [6.45, 7) is 0.497. The maximum atomic E-state index is 12.3. The van der Waals surface area contributed by atoms with E-state index in [-0.39, 0.29) is 6.42 Å². The number of aliphatic hydroxyl groups is 1. The van der Waals surface area contributed by atoms with Gasteiger partial charge in [-0.25, -0.2) is 4.79 Å². The Balaban J connectivity index is 2.63. The second kappa shape index (κ2) is 12.2. The number of carboxylic acid groups (broad SMARTS) is 1. The number of primary amides is 1. The fourth-order valence-corrected chi connectivity index (χ4v) is 2.51. The molecule has 0 radical (unpaired) electrons. The highest BCUT2D eigenvalue weighted by atomic mass is 16.4. The quantitative estimate of drug-likeness (QED) is 0.178. The lowest BCUT2D eigenvalue weighted by Crippen LogP contribution is -2.57. The molecule has 1 rings (SSSR count). The molecule has 4 atom stereocenters. The minimum Gasteiger partial charge on any atom is -0.480 e. The summed E-state index contributed by atoms with van der Waals surface area (Å²) >= 11 is 0. The van der Waals surface area contributed by atoms with Crippen LogP contribution < -0.4 is 27.4 Å². The molecule has 0 heterocycles. The van der Waals surface area contributed by atoms with Crippen LogP contribution in [0.1, 0.15) is 18.9 Å². The van der Waals surface area contributed by atoms with Gasteiger partial charge in [-0.05, 0) is 18.9 Å². The number of benzene rings is 1. The molecular weight excluding hydrogens is 410 g/mol. The molecule has 0 aromatic heterocycles. The van der Waals surface area contributed by atoms with Crippen molar-refractivity contribution < 1.29 is 34.2 Å². The highest BCUT2D eigenvalue weighted by molar-refractivity contribution is 5.94. The lowest BCUT2D eigenvalue weighted by Gasteiger charge is -2.22. The zero-order valence-corrected chi connectivity index (χ0v) is 16.9. The molecule has 9 N–H and O–H groups in total. The molecule has 0 saturated heterocycles. The van der Waals surface area contributed by atoms with Crippen LogP contribution in [0.5, 0.6) is 0 Å². The van der Waals surface area contributed by atoms with Crippen molar-refractivity contribution in [2.75, 3.05) is 6.61 Å². The van der Waals surface area contributed by atoms with E-state index < -0.39 is 66.8 Å². The molecule has 0 saturated carbocycles. The van der Waals surface area contributed by atoms with Gasteiger partial charge in [-0.3, -0.25) is 19.2 Å². The Kier molecular flexibility index (Phi) is 10.1. The summed E-state index contributed by atoms with van der Waals surface area (Å²) in [5.41, 5.74) is 11.6. The molecule has 0 fully saturated rings. The third-order valence-electron chi connectivity index (χ3n) is 4.22. The summed E-state index contributed by atoms with van der Waals surface area (Å²) in [6.07, 6.45) is -0.419. The van der Waals surface area contributed by atoms with Gasteiger partial charge in [0.05, 0.1) is 19.1 Å². The van der Waals surface area contributed by atoms with Crippen LogP contribution in [0.4, 0.5) is 0 Å². The molecule has 0 bridgehead atoms. The number of hydrogen-bond donors (Lipinski definition) is 7. The van der Waals surface area contributed by atoms with Crippen molar-refractivity contribution in [1.82, 2.24) is 16.0 Å². The molecule has 1 aromatic carbocycles. The number of carbonyl (C=O) groups is 5. The van der Waals surface area contributed by atoms with Crippen LogP contribution in [0.25, 0.3) is 0 Å². The van der Waals surface area contributed by atoms with Crippen LogP contribution in [0.15, 0.2) is 30.3 Å². The maximum Gasteiger partial charge on any atom is 0.326 e. The Bertz CT molecular complexity index is 802. The van der Waals surface area contributed by atoms with Crippen molar-refractivity contribution in [2.45, 2.75) is 43.9 Å². The highest BCUT2D eigenvalue weighted by Gasteiger charge is 2.28. The Labute approximate surface area is 178 Å². The van der Waals surface area contributed by atoms with E-state index in [4.69, 9.17) is 16.6 Å². The number of rotatable bonds is 12. The molecule has 170 valence electrons. The summed E-state index contributed by atoms with van der Waals surface area (Å²) in [5.74, 6) is -4.86. The SMILES string of the molecule is CC(NC(=O)C(CO)NC(=O)C(N)Cc1ccccc1)C(=O)NC(CC(N)=O)C(=O)O. The largest absolute Gasteiger partial charge is 0.480 e. The van der Waals surface area contributed by atoms with Gasteiger partial charge in [0.2, 0.25) is 23.6 Å². The molecule has 12 nitrogen and oxygen atoms in total. The summed E-state index contributed by atoms with van der Waals surface area (Å²) in [5, 5.41) is 25.1. The maximum absolute atomic E-state index is 12.3. The average Bonchev–Trinajstić information content (AvgIpc) is 2.71. The molecule has 1 aromatic rings. The van der Waals surface area contributed by atoms with Crippen LogP contribution in [0.2, 0.25) is 0 Å². The van der Waals surface area contributed by atoms with Crippen LogP contribution >= 0.6 is 0 Å². The second-order valence-electron chi connectivity index (χ2n) is 6.84. The number of aliphatic carboxylic acids is 1. The smallest absolute Gasteiger partial charge is 0.326 e. The average molecular weight is 437 g/mol. The van der Waals surface area contributed by atoms with E-state index in [1.54, 1.807) is 24.3 Å². The third kappa shape index (κ3) is 8.80. The summed E-state index contributed by atoms with van der Waals surface area (Å²) in [7, 11) is 0. The monoisotopic (exact) mass is 437 g/mol. The van der Waals surface area contributed by atoms with Crippen molar-refractivity contribution >= 4 is 29.6 Å². The normalized spacial score (nSPS) is 14.4. The van der Waals surface area contributed by atoms with Crippen LogP contribution in [-0.2, 0) is 30.4 Å². The van der Waals surface area contributed by atoms with E-state index in [1.165, 1.54) is 6.92 Å². The number of aliphatic hydroxyl groups excluding tert-OH is 1. The van der Waals surface area contributed by atoms with Crippen LogP contribution in [-0.4, -0.2) is 70.6 Å². The van der Waals surface area contributed by atoms with E-state index in [0.717, 1.165) is 5.56 Å². The molecule has 31 heavy (non-hydrogen) atoms. The standard InChI is InChI=1S/C19H27N5O7/c1-10(16(27)23-13(19(30)31)8-15(21)26)22-18(29)14(9-25)24-17(28)12(20)7-11-5-3-2-4-6-11/h2-6,10,12-14,25H,7-9,20H2,1H3,(H2,21,26)(H,22,29)(H,23,27)(H,24,28)(H,30,31). The first-order valence-electron chi connectivity index (χ1n) is 9.37. The first-order chi connectivity index (χ1) is 14.5. The number of carboxylic acids is 1. The van der Waals surface area contributed by atoms with E-state index in [0.29, 0.717) is 0 Å². The van der Waals surface area contributed by atoms with Crippen molar-refractivity contribution in [2.24, 2.45) is 11.5 Å². The van der Waals surface area contributed by atoms with Gasteiger partial charge in [-0.2, -0.15) is 0 Å². The minimum atomic E-state index is -1.56. The first kappa shape index (κ1) is 25.5. The van der Waals surface area contributed by atoms with Gasteiger partial charge < -0.3 is 37.6 Å². The van der Waals surface area contributed by atoms with Gasteiger partial charge in [-0.15, -0.1) is 0 Å². The molecule has 12 heteroatoms. The van der Waals surface area contributed by atoms with Gasteiger partial charge in [-0.1, -0.05) is 30.3 Å². The topological polar surface area (TPSA) is 214 Å². The lowest BCUT2D eigenvalue weighted by molar-refractivity contribution is -0.143. The number of nitrogens with one attached hydrogen (secondary N) is 3. The van der Waals surface area contributed by atoms with Gasteiger partial charge in [0.15, 0.2) is 0 Å². The van der Waals surface area contributed by atoms with Crippen molar-refractivity contribution in [3.8, 4) is 0 Å². The zero-order valence-electron chi connectivity index (χ0n) is 16.9. The lowest BCUT2D eigenvalue weighted by atomic mass is 10.1. The van der Waals surface area contributed by atoms with E-state index >= 15 is 0 Å². The molecule has 4 unspecified atom stereocenters. The Morgan fingerprint density at radius 3 is 2.03 bits per heavy atom. The summed E-state index contributed by atoms with van der Waals surface area (Å²) < 4.78 is 0. The fourth-order valence-electron chi connectivity index (χ4n) is 2.51. The van der Waals surface area contributed by atoms with Gasteiger partial charge >= 0.3 is 5.97 Å². The minimum absolute atomic E-state index is 0.210. The Morgan fingerprint density at radius 2 is 1.52 bits per heavy atom. The van der Waals surface area contributed by atoms with E-state index in [2.05, 4.69) is 16.0 Å². The van der Waals surface area contributed by atoms with Gasteiger partial charge in [0.1, 0.15) is 18.1 Å². The van der Waals surface area contributed by atoms with Gasteiger partial charge in [0, 0.05) is 0 Å². The number of carbonyl (C=O) groups excluding carboxylic acids is 4. The molecular formula is C19H27N5O7. The number of nitrogens with two attached hydrogens (primary N) is 2. The number of hydrogen-bond acceptors (Lipinski definition) is 7. The number of amides is 4. The van der Waals surface area contributed by atoms with Crippen molar-refractivity contribution in [3.63, 3.8) is 0 Å². The van der Waals surface area contributed by atoms with Crippen molar-refractivity contribution in [1.29, 1.82) is 0 Å². The van der Waals surface area contributed by atoms with Crippen LogP contribution in [0.3, 0.4) is 0 Å². The Hall–Kier alpha value is -3.51. The predicted molar refractivity (Wildman–Crippen MR) is 108 cm³/mol.